The molecule has 19 heavy (non-hydrogen) atoms. The van der Waals surface area contributed by atoms with Crippen molar-refractivity contribution in [1.29, 1.82) is 0 Å². The fourth-order valence-corrected chi connectivity index (χ4v) is 2.42. The average Bonchev–Trinajstić information content (AvgIpc) is 3.22. The average molecular weight is 264 g/mol. The highest BCUT2D eigenvalue weighted by atomic mass is 19.1. The minimum Gasteiger partial charge on any atom is -0.371 e. The van der Waals surface area contributed by atoms with Crippen LogP contribution in [0.25, 0.3) is 0 Å². The van der Waals surface area contributed by atoms with Crippen molar-refractivity contribution in [3.05, 3.63) is 29.6 Å². The van der Waals surface area contributed by atoms with Gasteiger partial charge in [0, 0.05) is 30.9 Å². The summed E-state index contributed by atoms with van der Waals surface area (Å²) in [5, 5.41) is 3.31. The number of hydrogen-bond acceptors (Lipinski definition) is 2. The second kappa shape index (κ2) is 6.90. The summed E-state index contributed by atoms with van der Waals surface area (Å²) < 4.78 is 14.1. The van der Waals surface area contributed by atoms with Crippen molar-refractivity contribution in [3.63, 3.8) is 0 Å². The highest BCUT2D eigenvalue weighted by molar-refractivity contribution is 5.54. The van der Waals surface area contributed by atoms with Crippen LogP contribution >= 0.6 is 0 Å². The van der Waals surface area contributed by atoms with E-state index in [9.17, 15) is 4.39 Å². The van der Waals surface area contributed by atoms with Crippen LogP contribution in [0, 0.1) is 11.7 Å². The zero-order valence-electron chi connectivity index (χ0n) is 12.1. The number of benzene rings is 1. The fraction of sp³-hybridized carbons (Fsp3) is 0.625. The first kappa shape index (κ1) is 14.3. The number of rotatable bonds is 8. The Hall–Kier alpha value is -1.09. The molecule has 1 aromatic carbocycles. The highest BCUT2D eigenvalue weighted by Crippen LogP contribution is 2.32. The maximum absolute atomic E-state index is 14.1. The van der Waals surface area contributed by atoms with Gasteiger partial charge < -0.3 is 10.2 Å². The van der Waals surface area contributed by atoms with Gasteiger partial charge in [0.15, 0.2) is 0 Å². The topological polar surface area (TPSA) is 15.3 Å². The van der Waals surface area contributed by atoms with E-state index >= 15 is 0 Å². The van der Waals surface area contributed by atoms with Gasteiger partial charge in [0.2, 0.25) is 0 Å². The lowest BCUT2D eigenvalue weighted by atomic mass is 10.1. The molecule has 0 unspecified atom stereocenters. The van der Waals surface area contributed by atoms with Gasteiger partial charge in [-0.2, -0.15) is 0 Å². The van der Waals surface area contributed by atoms with Crippen LogP contribution in [0.2, 0.25) is 0 Å². The molecule has 1 aromatic rings. The number of halogens is 1. The summed E-state index contributed by atoms with van der Waals surface area (Å²) in [5.74, 6) is 0.731. The molecule has 0 saturated heterocycles. The van der Waals surface area contributed by atoms with Crippen LogP contribution in [0.5, 0.6) is 0 Å². The highest BCUT2D eigenvalue weighted by Gasteiger charge is 2.25. The summed E-state index contributed by atoms with van der Waals surface area (Å²) in [6.07, 6.45) is 3.73. The largest absolute Gasteiger partial charge is 0.371 e. The van der Waals surface area contributed by atoms with Crippen LogP contribution in [-0.2, 0) is 6.54 Å². The normalized spacial score (nSPS) is 14.7. The van der Waals surface area contributed by atoms with Crippen LogP contribution in [0.15, 0.2) is 18.2 Å². The maximum atomic E-state index is 14.1. The second-order valence-electron chi connectivity index (χ2n) is 5.40. The van der Waals surface area contributed by atoms with E-state index in [1.54, 1.807) is 6.07 Å². The standard InChI is InChI=1S/C16H25FN2/c1-3-10-18-11-14-15(17)6-5-7-16(14)19(4-2)12-13-8-9-13/h5-7,13,18H,3-4,8-12H2,1-2H3. The lowest BCUT2D eigenvalue weighted by Gasteiger charge is -2.26. The number of nitrogens with zero attached hydrogens (tertiary/aromatic N) is 1. The van der Waals surface area contributed by atoms with Crippen LogP contribution < -0.4 is 10.2 Å². The van der Waals surface area contributed by atoms with E-state index in [1.807, 2.05) is 6.07 Å². The van der Waals surface area contributed by atoms with Gasteiger partial charge in [-0.25, -0.2) is 4.39 Å². The molecule has 2 nitrogen and oxygen atoms in total. The SMILES string of the molecule is CCCNCc1c(F)cccc1N(CC)CC1CC1. The Morgan fingerprint density at radius 2 is 2.11 bits per heavy atom. The van der Waals surface area contributed by atoms with Crippen molar-refractivity contribution in [2.45, 2.75) is 39.7 Å². The van der Waals surface area contributed by atoms with E-state index in [0.29, 0.717) is 6.54 Å². The van der Waals surface area contributed by atoms with Crippen LogP contribution in [-0.4, -0.2) is 19.6 Å². The Labute approximate surface area is 116 Å². The molecule has 0 aromatic heterocycles. The first-order valence-electron chi connectivity index (χ1n) is 7.49. The summed E-state index contributed by atoms with van der Waals surface area (Å²) in [4.78, 5) is 2.32. The van der Waals surface area contributed by atoms with Gasteiger partial charge in [0.05, 0.1) is 0 Å². The lowest BCUT2D eigenvalue weighted by Crippen LogP contribution is -2.28. The molecule has 3 heteroatoms. The van der Waals surface area contributed by atoms with Crippen molar-refractivity contribution in [2.75, 3.05) is 24.5 Å². The zero-order valence-corrected chi connectivity index (χ0v) is 12.1. The predicted octanol–water partition coefficient (Wildman–Crippen LogP) is 3.56. The first-order valence-corrected chi connectivity index (χ1v) is 7.49. The third kappa shape index (κ3) is 3.93. The van der Waals surface area contributed by atoms with E-state index in [-0.39, 0.29) is 5.82 Å². The summed E-state index contributed by atoms with van der Waals surface area (Å²) in [7, 11) is 0. The molecule has 1 aliphatic rings. The monoisotopic (exact) mass is 264 g/mol. The molecule has 0 spiro atoms. The lowest BCUT2D eigenvalue weighted by molar-refractivity contribution is 0.583. The zero-order chi connectivity index (χ0) is 13.7. The molecule has 2 rings (SSSR count). The molecule has 0 bridgehead atoms. The van der Waals surface area contributed by atoms with Gasteiger partial charge in [-0.05, 0) is 50.8 Å². The van der Waals surface area contributed by atoms with Crippen LogP contribution in [0.1, 0.15) is 38.7 Å². The fourth-order valence-electron chi connectivity index (χ4n) is 2.42. The molecule has 1 saturated carbocycles. The van der Waals surface area contributed by atoms with Crippen molar-refractivity contribution in [2.24, 2.45) is 5.92 Å². The number of hydrogen-bond donors (Lipinski definition) is 1. The van der Waals surface area contributed by atoms with E-state index < -0.39 is 0 Å². The molecule has 0 atom stereocenters. The summed E-state index contributed by atoms with van der Waals surface area (Å²) in [5.41, 5.74) is 1.89. The van der Waals surface area contributed by atoms with Gasteiger partial charge in [-0.3, -0.25) is 0 Å². The molecule has 106 valence electrons. The molecule has 1 fully saturated rings. The molecular weight excluding hydrogens is 239 g/mol. The van der Waals surface area contributed by atoms with E-state index in [2.05, 4.69) is 30.1 Å². The summed E-state index contributed by atoms with van der Waals surface area (Å²) in [6.45, 7) is 7.85. The smallest absolute Gasteiger partial charge is 0.129 e. The molecule has 0 aliphatic heterocycles. The molecule has 0 radical (unpaired) electrons. The minimum atomic E-state index is -0.0876. The van der Waals surface area contributed by atoms with E-state index in [0.717, 1.165) is 43.2 Å². The molecule has 0 heterocycles. The first-order chi connectivity index (χ1) is 9.26. The number of anilines is 1. The third-order valence-corrected chi connectivity index (χ3v) is 3.72. The van der Waals surface area contributed by atoms with Crippen molar-refractivity contribution >= 4 is 5.69 Å². The van der Waals surface area contributed by atoms with Crippen LogP contribution in [0.4, 0.5) is 10.1 Å². The number of nitrogens with one attached hydrogen (secondary N) is 1. The van der Waals surface area contributed by atoms with Crippen molar-refractivity contribution in [1.82, 2.24) is 5.32 Å². The molecule has 1 aliphatic carbocycles. The second-order valence-corrected chi connectivity index (χ2v) is 5.40. The minimum absolute atomic E-state index is 0.0876. The Balaban J connectivity index is 2.13. The molecular formula is C16H25FN2. The Morgan fingerprint density at radius 1 is 1.32 bits per heavy atom. The van der Waals surface area contributed by atoms with Gasteiger partial charge in [0.25, 0.3) is 0 Å². The van der Waals surface area contributed by atoms with E-state index in [1.165, 1.54) is 12.8 Å². The van der Waals surface area contributed by atoms with Crippen molar-refractivity contribution in [3.8, 4) is 0 Å². The van der Waals surface area contributed by atoms with E-state index in [4.69, 9.17) is 0 Å². The van der Waals surface area contributed by atoms with Gasteiger partial charge in [-0.15, -0.1) is 0 Å². The Morgan fingerprint density at radius 3 is 2.74 bits per heavy atom. The summed E-state index contributed by atoms with van der Waals surface area (Å²) in [6, 6.07) is 5.44. The van der Waals surface area contributed by atoms with Crippen molar-refractivity contribution < 1.29 is 4.39 Å². The third-order valence-electron chi connectivity index (χ3n) is 3.72. The molecule has 1 N–H and O–H groups in total. The predicted molar refractivity (Wildman–Crippen MR) is 79.0 cm³/mol. The van der Waals surface area contributed by atoms with Gasteiger partial charge in [0.1, 0.15) is 5.82 Å². The Bertz CT molecular complexity index is 402. The molecule has 0 amide bonds. The maximum Gasteiger partial charge on any atom is 0.129 e. The van der Waals surface area contributed by atoms with Gasteiger partial charge in [-0.1, -0.05) is 13.0 Å². The quantitative estimate of drug-likeness (QED) is 0.722. The van der Waals surface area contributed by atoms with Crippen LogP contribution in [0.3, 0.4) is 0 Å². The Kier molecular flexibility index (Phi) is 5.20. The summed E-state index contributed by atoms with van der Waals surface area (Å²) >= 11 is 0. The van der Waals surface area contributed by atoms with Gasteiger partial charge >= 0.3 is 0 Å².